The second-order valence-corrected chi connectivity index (χ2v) is 5.07. The highest BCUT2D eigenvalue weighted by Gasteiger charge is 2.28. The first-order chi connectivity index (χ1) is 10.2. The minimum atomic E-state index is 0.0222. The van der Waals surface area contributed by atoms with E-state index in [1.807, 2.05) is 54.6 Å². The Bertz CT molecular complexity index is 788. The van der Waals surface area contributed by atoms with Gasteiger partial charge in [-0.05, 0) is 25.1 Å². The third-order valence-corrected chi connectivity index (χ3v) is 3.58. The Morgan fingerprint density at radius 1 is 1.00 bits per heavy atom. The lowest BCUT2D eigenvalue weighted by atomic mass is 10.1. The predicted octanol–water partition coefficient (Wildman–Crippen LogP) is 3.47. The van der Waals surface area contributed by atoms with E-state index in [1.54, 1.807) is 11.9 Å². The maximum Gasteiger partial charge on any atom is 0.258 e. The van der Waals surface area contributed by atoms with E-state index in [0.29, 0.717) is 0 Å². The molecule has 0 unspecified atom stereocenters. The van der Waals surface area contributed by atoms with E-state index in [-0.39, 0.29) is 5.91 Å². The standard InChI is InChI=1S/C19H15NO/c1-14-10-12-15(13-11-14)6-5-9-18-16-7-3-4-8-17(16)19(21)20(18)2/h3-4,7-13H,1-2H3/b18-9-. The van der Waals surface area contributed by atoms with Crippen molar-refractivity contribution in [3.8, 4) is 11.8 Å². The van der Waals surface area contributed by atoms with Crippen LogP contribution in [-0.4, -0.2) is 17.9 Å². The van der Waals surface area contributed by atoms with Crippen molar-refractivity contribution >= 4 is 11.6 Å². The van der Waals surface area contributed by atoms with E-state index in [2.05, 4.69) is 18.8 Å². The van der Waals surface area contributed by atoms with Gasteiger partial charge >= 0.3 is 0 Å². The van der Waals surface area contributed by atoms with Crippen LogP contribution < -0.4 is 0 Å². The van der Waals surface area contributed by atoms with Gasteiger partial charge in [0.1, 0.15) is 0 Å². The molecule has 21 heavy (non-hydrogen) atoms. The first-order valence-corrected chi connectivity index (χ1v) is 6.82. The zero-order chi connectivity index (χ0) is 14.8. The van der Waals surface area contributed by atoms with Gasteiger partial charge in [-0.2, -0.15) is 0 Å². The van der Waals surface area contributed by atoms with Crippen LogP contribution in [0.5, 0.6) is 0 Å². The van der Waals surface area contributed by atoms with Crippen LogP contribution in [0.2, 0.25) is 0 Å². The van der Waals surface area contributed by atoms with Crippen molar-refractivity contribution in [2.45, 2.75) is 6.92 Å². The third-order valence-electron chi connectivity index (χ3n) is 3.58. The Balaban J connectivity index is 1.94. The number of fused-ring (bicyclic) bond motifs is 1. The summed E-state index contributed by atoms with van der Waals surface area (Å²) in [5.41, 5.74) is 4.73. The molecular formula is C19H15NO. The van der Waals surface area contributed by atoms with Crippen LogP contribution >= 0.6 is 0 Å². The number of carbonyl (C=O) groups is 1. The number of hydrogen-bond donors (Lipinski definition) is 0. The predicted molar refractivity (Wildman–Crippen MR) is 84.6 cm³/mol. The van der Waals surface area contributed by atoms with Crippen LogP contribution in [0.25, 0.3) is 5.70 Å². The fourth-order valence-electron chi connectivity index (χ4n) is 2.36. The van der Waals surface area contributed by atoms with Gasteiger partial charge in [0, 0.05) is 29.8 Å². The van der Waals surface area contributed by atoms with Crippen molar-refractivity contribution in [3.63, 3.8) is 0 Å². The summed E-state index contributed by atoms with van der Waals surface area (Å²) in [6, 6.07) is 15.7. The van der Waals surface area contributed by atoms with Crippen LogP contribution in [0.4, 0.5) is 0 Å². The van der Waals surface area contributed by atoms with Gasteiger partial charge in [0.25, 0.3) is 5.91 Å². The summed E-state index contributed by atoms with van der Waals surface area (Å²) in [7, 11) is 1.78. The summed E-state index contributed by atoms with van der Waals surface area (Å²) in [5, 5.41) is 0. The van der Waals surface area contributed by atoms with E-state index in [0.717, 1.165) is 22.4 Å². The number of hydrogen-bond acceptors (Lipinski definition) is 1. The molecule has 0 saturated carbocycles. The summed E-state index contributed by atoms with van der Waals surface area (Å²) in [6.45, 7) is 2.05. The molecule has 2 aromatic carbocycles. The summed E-state index contributed by atoms with van der Waals surface area (Å²) in [4.78, 5) is 13.8. The van der Waals surface area contributed by atoms with Gasteiger partial charge < -0.3 is 4.90 Å². The van der Waals surface area contributed by atoms with E-state index >= 15 is 0 Å². The SMILES string of the molecule is Cc1ccc(C#C/C=C2/c3ccccc3C(=O)N2C)cc1. The molecule has 1 aliphatic rings. The Morgan fingerprint density at radius 2 is 1.67 bits per heavy atom. The van der Waals surface area contributed by atoms with Crippen LogP contribution in [0.15, 0.2) is 54.6 Å². The van der Waals surface area contributed by atoms with Crippen molar-refractivity contribution in [2.24, 2.45) is 0 Å². The smallest absolute Gasteiger partial charge is 0.258 e. The van der Waals surface area contributed by atoms with Gasteiger partial charge in [-0.3, -0.25) is 4.79 Å². The quantitative estimate of drug-likeness (QED) is 0.673. The van der Waals surface area contributed by atoms with Crippen molar-refractivity contribution < 1.29 is 4.79 Å². The molecule has 1 aliphatic heterocycles. The van der Waals surface area contributed by atoms with Crippen LogP contribution in [0.1, 0.15) is 27.0 Å². The highest BCUT2D eigenvalue weighted by molar-refractivity contribution is 6.09. The number of nitrogens with zero attached hydrogens (tertiary/aromatic N) is 1. The number of carbonyl (C=O) groups excluding carboxylic acids is 1. The molecule has 0 radical (unpaired) electrons. The minimum Gasteiger partial charge on any atom is -0.310 e. The van der Waals surface area contributed by atoms with Gasteiger partial charge in [0.05, 0.1) is 5.70 Å². The van der Waals surface area contributed by atoms with Gasteiger partial charge in [-0.25, -0.2) is 0 Å². The lowest BCUT2D eigenvalue weighted by Gasteiger charge is -2.09. The fraction of sp³-hybridized carbons (Fsp3) is 0.105. The summed E-state index contributed by atoms with van der Waals surface area (Å²) in [6.07, 6.45) is 1.81. The van der Waals surface area contributed by atoms with Gasteiger partial charge in [-0.15, -0.1) is 0 Å². The molecule has 0 saturated heterocycles. The molecule has 102 valence electrons. The molecule has 2 heteroatoms. The van der Waals surface area contributed by atoms with E-state index in [1.165, 1.54) is 5.56 Å². The Hall–Kier alpha value is -2.79. The second-order valence-electron chi connectivity index (χ2n) is 5.07. The number of rotatable bonds is 0. The van der Waals surface area contributed by atoms with Crippen molar-refractivity contribution in [1.29, 1.82) is 0 Å². The number of benzene rings is 2. The van der Waals surface area contributed by atoms with Gasteiger partial charge in [0.2, 0.25) is 0 Å². The summed E-state index contributed by atoms with van der Waals surface area (Å²) in [5.74, 6) is 6.17. The first kappa shape index (κ1) is 13.2. The highest BCUT2D eigenvalue weighted by atomic mass is 16.2. The molecule has 1 heterocycles. The normalized spacial score (nSPS) is 14.9. The fourth-order valence-corrected chi connectivity index (χ4v) is 2.36. The Morgan fingerprint density at radius 3 is 2.38 bits per heavy atom. The maximum atomic E-state index is 12.1. The summed E-state index contributed by atoms with van der Waals surface area (Å²) >= 11 is 0. The summed E-state index contributed by atoms with van der Waals surface area (Å²) < 4.78 is 0. The largest absolute Gasteiger partial charge is 0.310 e. The number of aryl methyl sites for hydroxylation is 1. The third kappa shape index (κ3) is 2.46. The first-order valence-electron chi connectivity index (χ1n) is 6.82. The molecule has 0 atom stereocenters. The topological polar surface area (TPSA) is 20.3 Å². The van der Waals surface area contributed by atoms with Gasteiger partial charge in [0.15, 0.2) is 0 Å². The molecule has 0 aliphatic carbocycles. The molecule has 1 amide bonds. The van der Waals surface area contributed by atoms with Crippen LogP contribution in [0, 0.1) is 18.8 Å². The number of allylic oxidation sites excluding steroid dienone is 1. The Kier molecular flexibility index (Phi) is 3.33. The average Bonchev–Trinajstić information content (AvgIpc) is 2.75. The number of amides is 1. The molecule has 0 spiro atoms. The highest BCUT2D eigenvalue weighted by Crippen LogP contribution is 2.30. The molecule has 2 nitrogen and oxygen atoms in total. The van der Waals surface area contributed by atoms with Crippen LogP contribution in [-0.2, 0) is 0 Å². The molecule has 0 N–H and O–H groups in total. The zero-order valence-electron chi connectivity index (χ0n) is 12.1. The van der Waals surface area contributed by atoms with E-state index < -0.39 is 0 Å². The Labute approximate surface area is 124 Å². The molecule has 3 rings (SSSR count). The maximum absolute atomic E-state index is 12.1. The molecule has 0 fully saturated rings. The zero-order valence-corrected chi connectivity index (χ0v) is 12.1. The molecule has 0 bridgehead atoms. The van der Waals surface area contributed by atoms with Gasteiger partial charge in [-0.1, -0.05) is 47.7 Å². The van der Waals surface area contributed by atoms with Crippen molar-refractivity contribution in [1.82, 2.24) is 4.90 Å². The van der Waals surface area contributed by atoms with E-state index in [9.17, 15) is 4.79 Å². The molecule has 0 aromatic heterocycles. The molecule has 2 aromatic rings. The molecular weight excluding hydrogens is 258 g/mol. The lowest BCUT2D eigenvalue weighted by molar-refractivity contribution is 0.0874. The van der Waals surface area contributed by atoms with Crippen molar-refractivity contribution in [2.75, 3.05) is 7.05 Å². The van der Waals surface area contributed by atoms with E-state index in [4.69, 9.17) is 0 Å². The average molecular weight is 273 g/mol. The monoisotopic (exact) mass is 273 g/mol. The van der Waals surface area contributed by atoms with Crippen molar-refractivity contribution in [3.05, 3.63) is 76.9 Å². The second kappa shape index (κ2) is 5.30. The van der Waals surface area contributed by atoms with Crippen LogP contribution in [0.3, 0.4) is 0 Å². The minimum absolute atomic E-state index is 0.0222. The lowest BCUT2D eigenvalue weighted by Crippen LogP contribution is -2.16.